The number of phenols is 2. The van der Waals surface area contributed by atoms with E-state index in [0.29, 0.717) is 0 Å². The van der Waals surface area contributed by atoms with Crippen LogP contribution >= 0.6 is 0 Å². The number of benzene rings is 1. The van der Waals surface area contributed by atoms with Gasteiger partial charge in [0.25, 0.3) is 0 Å². The molecule has 7 heteroatoms. The zero-order chi connectivity index (χ0) is 15.0. The fourth-order valence-corrected chi connectivity index (χ4v) is 1.85. The Balaban J connectivity index is 3.09. The molecule has 0 unspecified atom stereocenters. The van der Waals surface area contributed by atoms with Gasteiger partial charge < -0.3 is 25.8 Å². The minimum atomic E-state index is -0.942. The number of primary amides is 1. The third kappa shape index (κ3) is 1.95. The van der Waals surface area contributed by atoms with Gasteiger partial charge in [-0.2, -0.15) is 0 Å². The van der Waals surface area contributed by atoms with Crippen LogP contribution in [0.1, 0.15) is 10.4 Å². The maximum absolute atomic E-state index is 12.0. The third-order valence-electron chi connectivity index (χ3n) is 2.84. The highest BCUT2D eigenvalue weighted by molar-refractivity contribution is 5.99. The van der Waals surface area contributed by atoms with E-state index in [-0.39, 0.29) is 22.1 Å². The largest absolute Gasteiger partial charge is 0.504 e. The lowest BCUT2D eigenvalue weighted by Gasteiger charge is -2.06. The first kappa shape index (κ1) is 13.5. The second-order valence-corrected chi connectivity index (χ2v) is 4.06. The number of carbonyl (C=O) groups excluding carboxylic acids is 1. The summed E-state index contributed by atoms with van der Waals surface area (Å²) in [5.74, 6) is -3.09. The van der Waals surface area contributed by atoms with E-state index in [1.54, 1.807) is 0 Å². The number of nitrogens with two attached hydrogens (primary N) is 1. The van der Waals surface area contributed by atoms with Gasteiger partial charge in [-0.3, -0.25) is 9.59 Å². The standard InChI is InChI=1S/C13H11NO6/c1-20-8-4-5-2-6(13(14)19)3-7(15)10(16)9(5)12(18)11(8)17/h2-4,17-18H,1H3,(H2,14,19)(H,15,16). The molecule has 2 aromatic rings. The lowest BCUT2D eigenvalue weighted by molar-refractivity contribution is 0.1000. The van der Waals surface area contributed by atoms with E-state index in [2.05, 4.69) is 0 Å². The van der Waals surface area contributed by atoms with Gasteiger partial charge in [-0.1, -0.05) is 0 Å². The number of amides is 1. The van der Waals surface area contributed by atoms with Crippen molar-refractivity contribution < 1.29 is 24.9 Å². The van der Waals surface area contributed by atoms with Crippen LogP contribution in [0.4, 0.5) is 0 Å². The molecule has 0 aliphatic heterocycles. The van der Waals surface area contributed by atoms with Crippen molar-refractivity contribution in [2.45, 2.75) is 0 Å². The average molecular weight is 277 g/mol. The highest BCUT2D eigenvalue weighted by Gasteiger charge is 2.17. The maximum atomic E-state index is 12.0. The summed E-state index contributed by atoms with van der Waals surface area (Å²) in [5, 5.41) is 28.9. The van der Waals surface area contributed by atoms with Crippen LogP contribution in [0.15, 0.2) is 23.0 Å². The fourth-order valence-electron chi connectivity index (χ4n) is 1.85. The topological polar surface area (TPSA) is 130 Å². The fraction of sp³-hybridized carbons (Fsp3) is 0.0769. The smallest absolute Gasteiger partial charge is 0.248 e. The van der Waals surface area contributed by atoms with Crippen molar-refractivity contribution in [1.82, 2.24) is 0 Å². The Labute approximate surface area is 112 Å². The van der Waals surface area contributed by atoms with Crippen LogP contribution in [-0.4, -0.2) is 28.3 Å². The number of methoxy groups -OCH3 is 1. The van der Waals surface area contributed by atoms with Gasteiger partial charge in [0, 0.05) is 5.56 Å². The number of aromatic hydroxyl groups is 3. The van der Waals surface area contributed by atoms with E-state index < -0.39 is 28.6 Å². The summed E-state index contributed by atoms with van der Waals surface area (Å²) in [6, 6.07) is 3.35. The quantitative estimate of drug-likeness (QED) is 0.589. The first-order chi connectivity index (χ1) is 9.36. The Bertz CT molecular complexity index is 784. The first-order valence-electron chi connectivity index (χ1n) is 5.46. The molecule has 0 fully saturated rings. The van der Waals surface area contributed by atoms with E-state index in [4.69, 9.17) is 10.5 Å². The van der Waals surface area contributed by atoms with Gasteiger partial charge in [0.1, 0.15) is 0 Å². The molecule has 0 aliphatic carbocycles. The molecule has 0 radical (unpaired) electrons. The summed E-state index contributed by atoms with van der Waals surface area (Å²) in [4.78, 5) is 23.2. The minimum absolute atomic E-state index is 0.0875. The number of phenolic OH excluding ortho intramolecular Hbond substituents is 2. The van der Waals surface area contributed by atoms with Crippen molar-refractivity contribution in [3.05, 3.63) is 34.0 Å². The summed E-state index contributed by atoms with van der Waals surface area (Å²) in [6.07, 6.45) is 0. The number of carbonyl (C=O) groups is 1. The van der Waals surface area contributed by atoms with Gasteiger partial charge in [-0.05, 0) is 23.6 Å². The van der Waals surface area contributed by atoms with Gasteiger partial charge in [-0.25, -0.2) is 0 Å². The molecule has 0 saturated heterocycles. The van der Waals surface area contributed by atoms with Crippen molar-refractivity contribution in [2.75, 3.05) is 7.11 Å². The molecule has 104 valence electrons. The number of hydrogen-bond acceptors (Lipinski definition) is 6. The van der Waals surface area contributed by atoms with Gasteiger partial charge in [0.2, 0.25) is 17.1 Å². The molecule has 0 aliphatic rings. The Kier molecular flexibility index (Phi) is 3.11. The second kappa shape index (κ2) is 4.61. The Morgan fingerprint density at radius 2 is 1.80 bits per heavy atom. The zero-order valence-electron chi connectivity index (χ0n) is 10.4. The van der Waals surface area contributed by atoms with Crippen LogP contribution in [0, 0.1) is 0 Å². The van der Waals surface area contributed by atoms with E-state index in [1.807, 2.05) is 0 Å². The molecule has 0 spiro atoms. The molecule has 0 saturated carbocycles. The summed E-state index contributed by atoms with van der Waals surface area (Å²) in [5.41, 5.74) is 4.06. The normalized spacial score (nSPS) is 10.4. The summed E-state index contributed by atoms with van der Waals surface area (Å²) in [6.45, 7) is 0. The average Bonchev–Trinajstić information content (AvgIpc) is 2.52. The van der Waals surface area contributed by atoms with E-state index in [1.165, 1.54) is 19.2 Å². The Morgan fingerprint density at radius 3 is 2.35 bits per heavy atom. The molecule has 1 amide bonds. The number of ether oxygens (including phenoxy) is 1. The zero-order valence-corrected chi connectivity index (χ0v) is 10.4. The molecule has 20 heavy (non-hydrogen) atoms. The highest BCUT2D eigenvalue weighted by atomic mass is 16.5. The minimum Gasteiger partial charge on any atom is -0.504 e. The molecule has 5 N–H and O–H groups in total. The van der Waals surface area contributed by atoms with E-state index >= 15 is 0 Å². The first-order valence-corrected chi connectivity index (χ1v) is 5.46. The Morgan fingerprint density at radius 1 is 1.15 bits per heavy atom. The molecule has 2 aromatic carbocycles. The van der Waals surface area contributed by atoms with E-state index in [0.717, 1.165) is 6.07 Å². The van der Waals surface area contributed by atoms with Gasteiger partial charge in [-0.15, -0.1) is 0 Å². The second-order valence-electron chi connectivity index (χ2n) is 4.06. The molecule has 0 aromatic heterocycles. The van der Waals surface area contributed by atoms with Gasteiger partial charge >= 0.3 is 0 Å². The van der Waals surface area contributed by atoms with Gasteiger partial charge in [0.15, 0.2) is 17.2 Å². The molecule has 0 heterocycles. The lowest BCUT2D eigenvalue weighted by Crippen LogP contribution is -2.09. The Hall–Kier alpha value is -2.96. The van der Waals surface area contributed by atoms with Crippen molar-refractivity contribution in [1.29, 1.82) is 0 Å². The van der Waals surface area contributed by atoms with Crippen LogP contribution in [-0.2, 0) is 0 Å². The summed E-state index contributed by atoms with van der Waals surface area (Å²) >= 11 is 0. The van der Waals surface area contributed by atoms with Crippen LogP contribution in [0.2, 0.25) is 0 Å². The highest BCUT2D eigenvalue weighted by Crippen LogP contribution is 2.40. The summed E-state index contributed by atoms with van der Waals surface area (Å²) in [7, 11) is 1.26. The van der Waals surface area contributed by atoms with Crippen molar-refractivity contribution in [3.8, 4) is 23.0 Å². The van der Waals surface area contributed by atoms with Crippen LogP contribution in [0.3, 0.4) is 0 Å². The predicted molar refractivity (Wildman–Crippen MR) is 70.3 cm³/mol. The van der Waals surface area contributed by atoms with Crippen LogP contribution in [0.5, 0.6) is 23.0 Å². The molecule has 7 nitrogen and oxygen atoms in total. The molecule has 0 bridgehead atoms. The maximum Gasteiger partial charge on any atom is 0.248 e. The van der Waals surface area contributed by atoms with Crippen LogP contribution < -0.4 is 15.9 Å². The van der Waals surface area contributed by atoms with Crippen molar-refractivity contribution >= 4 is 16.7 Å². The summed E-state index contributed by atoms with van der Waals surface area (Å²) < 4.78 is 4.84. The van der Waals surface area contributed by atoms with Gasteiger partial charge in [0.05, 0.1) is 12.5 Å². The molecule has 0 atom stereocenters. The van der Waals surface area contributed by atoms with Crippen LogP contribution in [0.25, 0.3) is 10.8 Å². The molecular formula is C13H11NO6. The predicted octanol–water partition coefficient (Wildman–Crippen LogP) is 0.424. The van der Waals surface area contributed by atoms with E-state index in [9.17, 15) is 24.9 Å². The van der Waals surface area contributed by atoms with Crippen molar-refractivity contribution in [3.63, 3.8) is 0 Å². The lowest BCUT2D eigenvalue weighted by atomic mass is 10.1. The molecule has 2 rings (SSSR count). The SMILES string of the molecule is COc1cc2cc(C(N)=O)cc(O)c(=O)c2c(O)c1O. The monoisotopic (exact) mass is 277 g/mol. The number of hydrogen-bond donors (Lipinski definition) is 4. The number of rotatable bonds is 2. The van der Waals surface area contributed by atoms with Crippen molar-refractivity contribution in [2.24, 2.45) is 5.73 Å². The number of fused-ring (bicyclic) bond motifs is 1. The third-order valence-corrected chi connectivity index (χ3v) is 2.84. The molecular weight excluding hydrogens is 266 g/mol.